The molecule has 0 aromatic carbocycles. The van der Waals surface area contributed by atoms with E-state index in [1.54, 1.807) is 0 Å². The van der Waals surface area contributed by atoms with E-state index < -0.39 is 0 Å². The predicted molar refractivity (Wildman–Crippen MR) is 54.9 cm³/mol. The molecule has 0 saturated carbocycles. The molecular weight excluding hydrogens is 144 g/mol. The van der Waals surface area contributed by atoms with E-state index >= 15 is 0 Å². The van der Waals surface area contributed by atoms with Gasteiger partial charge < -0.3 is 0 Å². The van der Waals surface area contributed by atoms with Crippen LogP contribution < -0.4 is 0 Å². The predicted octanol–water partition coefficient (Wildman–Crippen LogP) is 3.69. The van der Waals surface area contributed by atoms with Crippen LogP contribution in [0.15, 0.2) is 17.4 Å². The number of unbranched alkanes of at least 4 members (excludes halogenated alkanes) is 2. The molecule has 0 radical (unpaired) electrons. The Hall–Kier alpha value is -0.920. The standard InChI is InChI=1S/C12H18/c1-4-6-8-9-11-12(3)10-7-5-2/h1,9H,5-8,10H2,2-3H3. The fraction of sp³-hybridized carbons (Fsp3) is 0.583. The Morgan fingerprint density at radius 1 is 1.50 bits per heavy atom. The summed E-state index contributed by atoms with van der Waals surface area (Å²) in [5, 5.41) is 0. The third-order valence-corrected chi connectivity index (χ3v) is 1.69. The van der Waals surface area contributed by atoms with Gasteiger partial charge in [-0.15, -0.1) is 18.1 Å². The summed E-state index contributed by atoms with van der Waals surface area (Å²) in [5.41, 5.74) is 4.59. The number of hydrogen-bond donors (Lipinski definition) is 0. The molecule has 0 aromatic rings. The lowest BCUT2D eigenvalue weighted by Crippen LogP contribution is -1.74. The molecule has 0 nitrogen and oxygen atoms in total. The van der Waals surface area contributed by atoms with E-state index in [4.69, 9.17) is 6.42 Å². The van der Waals surface area contributed by atoms with Crippen LogP contribution >= 0.6 is 0 Å². The fourth-order valence-corrected chi connectivity index (χ4v) is 0.916. The summed E-state index contributed by atoms with van der Waals surface area (Å²) in [6.07, 6.45) is 12.6. The van der Waals surface area contributed by atoms with Gasteiger partial charge in [0.2, 0.25) is 0 Å². The van der Waals surface area contributed by atoms with Crippen molar-refractivity contribution in [3.8, 4) is 12.3 Å². The summed E-state index contributed by atoms with van der Waals surface area (Å²) in [7, 11) is 0. The molecule has 0 heterocycles. The summed E-state index contributed by atoms with van der Waals surface area (Å²) in [6, 6.07) is 0. The van der Waals surface area contributed by atoms with Crippen LogP contribution in [-0.2, 0) is 0 Å². The van der Waals surface area contributed by atoms with Crippen LogP contribution in [0.3, 0.4) is 0 Å². The summed E-state index contributed by atoms with van der Waals surface area (Å²) in [6.45, 7) is 4.33. The van der Waals surface area contributed by atoms with Crippen molar-refractivity contribution in [3.05, 3.63) is 17.4 Å². The number of rotatable bonds is 5. The van der Waals surface area contributed by atoms with Gasteiger partial charge in [-0.2, -0.15) is 0 Å². The Balaban J connectivity index is 3.66. The fourth-order valence-electron chi connectivity index (χ4n) is 0.916. The molecule has 0 rings (SSSR count). The van der Waals surface area contributed by atoms with Crippen molar-refractivity contribution >= 4 is 0 Å². The SMILES string of the molecule is C#CCCC=C=C(C)CCCC. The maximum Gasteiger partial charge on any atom is 0.0127 e. The summed E-state index contributed by atoms with van der Waals surface area (Å²) in [5.74, 6) is 2.60. The van der Waals surface area contributed by atoms with Gasteiger partial charge in [-0.1, -0.05) is 13.3 Å². The first-order valence-corrected chi connectivity index (χ1v) is 4.65. The topological polar surface area (TPSA) is 0 Å². The second-order valence-electron chi connectivity index (χ2n) is 2.98. The highest BCUT2D eigenvalue weighted by Gasteiger charge is 1.85. The first-order chi connectivity index (χ1) is 5.81. The average Bonchev–Trinajstić information content (AvgIpc) is 2.09. The average molecular weight is 162 g/mol. The molecule has 0 aliphatic rings. The minimum Gasteiger partial charge on any atom is -0.126 e. The van der Waals surface area contributed by atoms with Crippen LogP contribution in [0.25, 0.3) is 0 Å². The van der Waals surface area contributed by atoms with Gasteiger partial charge in [-0.3, -0.25) is 0 Å². The van der Waals surface area contributed by atoms with Crippen molar-refractivity contribution in [2.45, 2.75) is 46.0 Å². The number of terminal acetylenes is 1. The van der Waals surface area contributed by atoms with Crippen LogP contribution in [0.2, 0.25) is 0 Å². The van der Waals surface area contributed by atoms with Gasteiger partial charge in [0.1, 0.15) is 0 Å². The summed E-state index contributed by atoms with van der Waals surface area (Å²) < 4.78 is 0. The van der Waals surface area contributed by atoms with Crippen LogP contribution in [0.5, 0.6) is 0 Å². The van der Waals surface area contributed by atoms with Crippen molar-refractivity contribution in [1.29, 1.82) is 0 Å². The van der Waals surface area contributed by atoms with Crippen LogP contribution in [-0.4, -0.2) is 0 Å². The maximum absolute atomic E-state index is 5.12. The molecule has 0 bridgehead atoms. The van der Waals surface area contributed by atoms with Gasteiger partial charge in [-0.25, -0.2) is 0 Å². The zero-order chi connectivity index (χ0) is 9.23. The van der Waals surface area contributed by atoms with Crippen LogP contribution in [0.4, 0.5) is 0 Å². The zero-order valence-corrected chi connectivity index (χ0v) is 8.19. The Kier molecular flexibility index (Phi) is 7.55. The van der Waals surface area contributed by atoms with Crippen molar-refractivity contribution in [2.75, 3.05) is 0 Å². The quantitative estimate of drug-likeness (QED) is 0.328. The van der Waals surface area contributed by atoms with Gasteiger partial charge in [0.25, 0.3) is 0 Å². The molecule has 0 spiro atoms. The monoisotopic (exact) mass is 162 g/mol. The minimum atomic E-state index is 0.827. The van der Waals surface area contributed by atoms with Crippen molar-refractivity contribution in [3.63, 3.8) is 0 Å². The molecule has 0 aliphatic heterocycles. The first kappa shape index (κ1) is 11.1. The highest BCUT2D eigenvalue weighted by molar-refractivity contribution is 4.99. The second kappa shape index (κ2) is 8.18. The van der Waals surface area contributed by atoms with E-state index in [2.05, 4.69) is 25.5 Å². The molecule has 0 atom stereocenters. The Morgan fingerprint density at radius 3 is 2.83 bits per heavy atom. The molecule has 0 aromatic heterocycles. The molecule has 0 unspecified atom stereocenters. The van der Waals surface area contributed by atoms with Crippen molar-refractivity contribution in [2.24, 2.45) is 0 Å². The lowest BCUT2D eigenvalue weighted by molar-refractivity contribution is 0.788. The van der Waals surface area contributed by atoms with Gasteiger partial charge in [0.15, 0.2) is 0 Å². The second-order valence-corrected chi connectivity index (χ2v) is 2.98. The summed E-state index contributed by atoms with van der Waals surface area (Å²) in [4.78, 5) is 0. The normalized spacial score (nSPS) is 8.42. The smallest absolute Gasteiger partial charge is 0.0127 e. The Bertz CT molecular complexity index is 197. The Morgan fingerprint density at radius 2 is 2.25 bits per heavy atom. The van der Waals surface area contributed by atoms with E-state index in [1.165, 1.54) is 24.8 Å². The van der Waals surface area contributed by atoms with Gasteiger partial charge >= 0.3 is 0 Å². The van der Waals surface area contributed by atoms with E-state index in [0.717, 1.165) is 12.8 Å². The lowest BCUT2D eigenvalue weighted by Gasteiger charge is -1.93. The number of hydrogen-bond acceptors (Lipinski definition) is 0. The molecule has 66 valence electrons. The zero-order valence-electron chi connectivity index (χ0n) is 8.19. The van der Waals surface area contributed by atoms with E-state index in [0.29, 0.717) is 0 Å². The number of allylic oxidation sites excluding steroid dienone is 1. The van der Waals surface area contributed by atoms with Gasteiger partial charge in [0.05, 0.1) is 0 Å². The molecule has 0 heteroatoms. The van der Waals surface area contributed by atoms with Crippen LogP contribution in [0.1, 0.15) is 46.0 Å². The molecule has 0 amide bonds. The Labute approximate surface area is 76.4 Å². The molecular formula is C12H18. The first-order valence-electron chi connectivity index (χ1n) is 4.65. The molecule has 0 fully saturated rings. The van der Waals surface area contributed by atoms with E-state index in [1.807, 2.05) is 6.08 Å². The molecule has 0 saturated heterocycles. The lowest BCUT2D eigenvalue weighted by atomic mass is 10.1. The van der Waals surface area contributed by atoms with Crippen molar-refractivity contribution in [1.82, 2.24) is 0 Å². The molecule has 12 heavy (non-hydrogen) atoms. The van der Waals surface area contributed by atoms with E-state index in [9.17, 15) is 0 Å². The van der Waals surface area contributed by atoms with Gasteiger partial charge in [0, 0.05) is 6.42 Å². The third-order valence-electron chi connectivity index (χ3n) is 1.69. The highest BCUT2D eigenvalue weighted by Crippen LogP contribution is 2.04. The molecule has 0 N–H and O–H groups in total. The van der Waals surface area contributed by atoms with Crippen LogP contribution in [0, 0.1) is 12.3 Å². The maximum atomic E-state index is 5.12. The third kappa shape index (κ3) is 7.19. The summed E-state index contributed by atoms with van der Waals surface area (Å²) >= 11 is 0. The minimum absolute atomic E-state index is 0.827. The van der Waals surface area contributed by atoms with Crippen molar-refractivity contribution < 1.29 is 0 Å². The largest absolute Gasteiger partial charge is 0.126 e. The van der Waals surface area contributed by atoms with E-state index in [-0.39, 0.29) is 0 Å². The molecule has 0 aliphatic carbocycles. The van der Waals surface area contributed by atoms with Gasteiger partial charge in [-0.05, 0) is 37.8 Å². The highest BCUT2D eigenvalue weighted by atomic mass is 13.9.